The molecule has 1 aliphatic heterocycles. The van der Waals surface area contributed by atoms with E-state index in [0.717, 1.165) is 21.9 Å². The highest BCUT2D eigenvalue weighted by atomic mass is 32.2. The topological polar surface area (TPSA) is 78.7 Å². The van der Waals surface area contributed by atoms with E-state index in [1.807, 2.05) is 47.9 Å². The summed E-state index contributed by atoms with van der Waals surface area (Å²) < 4.78 is 18.3. The fourth-order valence-electron chi connectivity index (χ4n) is 3.84. The molecule has 7 nitrogen and oxygen atoms in total. The molecular formula is C25H27FN4O3S. The normalized spacial score (nSPS) is 14.3. The minimum absolute atomic E-state index is 0.00252. The van der Waals surface area contributed by atoms with Crippen LogP contribution in [-0.2, 0) is 10.5 Å². The van der Waals surface area contributed by atoms with E-state index < -0.39 is 0 Å². The average Bonchev–Trinajstić information content (AvgIpc) is 3.16. The molecule has 4 rings (SSSR count). The maximum atomic E-state index is 13.3. The second-order valence-corrected chi connectivity index (χ2v) is 9.23. The third-order valence-corrected chi connectivity index (χ3v) is 6.93. The van der Waals surface area contributed by atoms with Crippen LogP contribution in [0.25, 0.3) is 0 Å². The van der Waals surface area contributed by atoms with Crippen molar-refractivity contribution in [2.75, 3.05) is 38.0 Å². The lowest BCUT2D eigenvalue weighted by Crippen LogP contribution is -2.50. The number of rotatable bonds is 7. The molecule has 0 aliphatic carbocycles. The number of carbonyl (C=O) groups excluding carboxylic acids is 2. The van der Waals surface area contributed by atoms with Crippen molar-refractivity contribution < 1.29 is 18.5 Å². The molecule has 1 aliphatic rings. The van der Waals surface area contributed by atoms with Gasteiger partial charge in [0.2, 0.25) is 5.91 Å². The number of amides is 2. The summed E-state index contributed by atoms with van der Waals surface area (Å²) in [7, 11) is 0. The van der Waals surface area contributed by atoms with Gasteiger partial charge in [-0.3, -0.25) is 14.5 Å². The maximum Gasteiger partial charge on any atom is 0.255 e. The molecular weight excluding hydrogens is 455 g/mol. The van der Waals surface area contributed by atoms with Gasteiger partial charge in [0.15, 0.2) is 0 Å². The molecule has 0 spiro atoms. The quantitative estimate of drug-likeness (QED) is 0.511. The van der Waals surface area contributed by atoms with Gasteiger partial charge in [-0.25, -0.2) is 4.39 Å². The SMILES string of the molecule is Cc1noc(C)c1CSc1ccccc1C(=O)N1CCN(CC(=O)Nc2ccc(F)cc2)CC1. The summed E-state index contributed by atoms with van der Waals surface area (Å²) in [6.45, 7) is 6.35. The number of piperazine rings is 1. The Bertz CT molecular complexity index is 1140. The third kappa shape index (κ3) is 5.84. The molecule has 2 aromatic carbocycles. The summed E-state index contributed by atoms with van der Waals surface area (Å²) in [6.07, 6.45) is 0. The van der Waals surface area contributed by atoms with Crippen LogP contribution in [0.2, 0.25) is 0 Å². The number of nitrogens with zero attached hydrogens (tertiary/aromatic N) is 3. The molecule has 34 heavy (non-hydrogen) atoms. The zero-order chi connectivity index (χ0) is 24.1. The second-order valence-electron chi connectivity index (χ2n) is 8.21. The number of halogens is 1. The van der Waals surface area contributed by atoms with Gasteiger partial charge in [-0.05, 0) is 50.2 Å². The molecule has 2 amide bonds. The lowest BCUT2D eigenvalue weighted by Gasteiger charge is -2.34. The molecule has 0 saturated carbocycles. The fraction of sp³-hybridized carbons (Fsp3) is 0.320. The van der Waals surface area contributed by atoms with Gasteiger partial charge in [-0.2, -0.15) is 0 Å². The number of hydrogen-bond donors (Lipinski definition) is 1. The van der Waals surface area contributed by atoms with Gasteiger partial charge in [-0.1, -0.05) is 17.3 Å². The standard InChI is InChI=1S/C25H27FN4O3S/c1-17-22(18(2)33-28-17)16-34-23-6-4-3-5-21(23)25(32)30-13-11-29(12-14-30)15-24(31)27-20-9-7-19(26)8-10-20/h3-10H,11-16H2,1-2H3,(H,27,31). The van der Waals surface area contributed by atoms with Gasteiger partial charge in [-0.15, -0.1) is 11.8 Å². The number of aromatic nitrogens is 1. The Morgan fingerprint density at radius 3 is 2.44 bits per heavy atom. The summed E-state index contributed by atoms with van der Waals surface area (Å²) in [5.41, 5.74) is 3.17. The molecule has 3 aromatic rings. The van der Waals surface area contributed by atoms with Crippen molar-refractivity contribution >= 4 is 29.3 Å². The number of aryl methyl sites for hydroxylation is 2. The van der Waals surface area contributed by atoms with E-state index in [-0.39, 0.29) is 24.2 Å². The van der Waals surface area contributed by atoms with E-state index >= 15 is 0 Å². The van der Waals surface area contributed by atoms with Crippen molar-refractivity contribution in [2.45, 2.75) is 24.5 Å². The van der Waals surface area contributed by atoms with Crippen LogP contribution in [0.15, 0.2) is 57.9 Å². The summed E-state index contributed by atoms with van der Waals surface area (Å²) in [6, 6.07) is 13.3. The summed E-state index contributed by atoms with van der Waals surface area (Å²) in [4.78, 5) is 30.4. The first-order valence-corrected chi connectivity index (χ1v) is 12.1. The third-order valence-electron chi connectivity index (χ3n) is 5.83. The van der Waals surface area contributed by atoms with Crippen molar-refractivity contribution in [1.29, 1.82) is 0 Å². The van der Waals surface area contributed by atoms with Crippen LogP contribution in [0.1, 0.15) is 27.4 Å². The van der Waals surface area contributed by atoms with Gasteiger partial charge < -0.3 is 14.7 Å². The zero-order valence-electron chi connectivity index (χ0n) is 19.2. The highest BCUT2D eigenvalue weighted by Crippen LogP contribution is 2.29. The van der Waals surface area contributed by atoms with E-state index in [1.54, 1.807) is 11.8 Å². The highest BCUT2D eigenvalue weighted by molar-refractivity contribution is 7.98. The van der Waals surface area contributed by atoms with E-state index in [0.29, 0.717) is 43.2 Å². The lowest BCUT2D eigenvalue weighted by atomic mass is 10.2. The summed E-state index contributed by atoms with van der Waals surface area (Å²) in [5.74, 6) is 0.975. The van der Waals surface area contributed by atoms with Crippen LogP contribution in [0.5, 0.6) is 0 Å². The Morgan fingerprint density at radius 1 is 1.06 bits per heavy atom. The van der Waals surface area contributed by atoms with Crippen LogP contribution >= 0.6 is 11.8 Å². The van der Waals surface area contributed by atoms with Crippen LogP contribution in [0, 0.1) is 19.7 Å². The Morgan fingerprint density at radius 2 is 1.76 bits per heavy atom. The van der Waals surface area contributed by atoms with Crippen LogP contribution < -0.4 is 5.32 Å². The number of benzene rings is 2. The van der Waals surface area contributed by atoms with Crippen molar-refractivity contribution in [3.8, 4) is 0 Å². The Balaban J connectivity index is 1.31. The highest BCUT2D eigenvalue weighted by Gasteiger charge is 2.25. The molecule has 1 fully saturated rings. The van der Waals surface area contributed by atoms with Crippen LogP contribution in [0.4, 0.5) is 10.1 Å². The predicted octanol–water partition coefficient (Wildman–Crippen LogP) is 4.12. The Labute approximate surface area is 202 Å². The average molecular weight is 483 g/mol. The van der Waals surface area contributed by atoms with Gasteiger partial charge in [0, 0.05) is 48.1 Å². The van der Waals surface area contributed by atoms with Crippen LogP contribution in [0.3, 0.4) is 0 Å². The number of thioether (sulfide) groups is 1. The first-order valence-electron chi connectivity index (χ1n) is 11.1. The van der Waals surface area contributed by atoms with E-state index in [1.165, 1.54) is 24.3 Å². The predicted molar refractivity (Wildman–Crippen MR) is 129 cm³/mol. The molecule has 0 radical (unpaired) electrons. The monoisotopic (exact) mass is 482 g/mol. The summed E-state index contributed by atoms with van der Waals surface area (Å²) >= 11 is 1.60. The maximum absolute atomic E-state index is 13.3. The van der Waals surface area contributed by atoms with E-state index in [4.69, 9.17) is 4.52 Å². The van der Waals surface area contributed by atoms with Gasteiger partial charge in [0.05, 0.1) is 17.8 Å². The number of nitrogens with one attached hydrogen (secondary N) is 1. The second kappa shape index (κ2) is 10.8. The fourth-order valence-corrected chi connectivity index (χ4v) is 5.04. The van der Waals surface area contributed by atoms with Gasteiger partial charge in [0.25, 0.3) is 5.91 Å². The molecule has 0 bridgehead atoms. The van der Waals surface area contributed by atoms with Crippen molar-refractivity contribution in [2.24, 2.45) is 0 Å². The molecule has 178 valence electrons. The van der Waals surface area contributed by atoms with Crippen molar-refractivity contribution in [1.82, 2.24) is 15.0 Å². The van der Waals surface area contributed by atoms with Crippen molar-refractivity contribution in [3.05, 3.63) is 76.9 Å². The molecule has 1 N–H and O–H groups in total. The number of hydrogen-bond acceptors (Lipinski definition) is 6. The molecule has 1 aromatic heterocycles. The minimum Gasteiger partial charge on any atom is -0.361 e. The first-order chi connectivity index (χ1) is 16.4. The van der Waals surface area contributed by atoms with Crippen LogP contribution in [-0.4, -0.2) is 59.5 Å². The molecule has 0 atom stereocenters. The van der Waals surface area contributed by atoms with E-state index in [2.05, 4.69) is 10.5 Å². The first kappa shape index (κ1) is 24.0. The minimum atomic E-state index is -0.345. The largest absolute Gasteiger partial charge is 0.361 e. The van der Waals surface area contributed by atoms with Crippen molar-refractivity contribution in [3.63, 3.8) is 0 Å². The smallest absolute Gasteiger partial charge is 0.255 e. The van der Waals surface area contributed by atoms with E-state index in [9.17, 15) is 14.0 Å². The molecule has 0 unspecified atom stereocenters. The Hall–Kier alpha value is -3.17. The Kier molecular flexibility index (Phi) is 7.64. The number of anilines is 1. The summed E-state index contributed by atoms with van der Waals surface area (Å²) in [5, 5.41) is 6.78. The molecule has 9 heteroatoms. The van der Waals surface area contributed by atoms with Gasteiger partial charge in [0.1, 0.15) is 11.6 Å². The molecule has 1 saturated heterocycles. The zero-order valence-corrected chi connectivity index (χ0v) is 20.0. The number of carbonyl (C=O) groups is 2. The van der Waals surface area contributed by atoms with Gasteiger partial charge >= 0.3 is 0 Å². The molecule has 2 heterocycles. The lowest BCUT2D eigenvalue weighted by molar-refractivity contribution is -0.117.